The van der Waals surface area contributed by atoms with Crippen molar-refractivity contribution < 1.29 is 5.11 Å². The van der Waals surface area contributed by atoms with Crippen LogP contribution in [0.1, 0.15) is 24.5 Å². The van der Waals surface area contributed by atoms with E-state index >= 15 is 0 Å². The summed E-state index contributed by atoms with van der Waals surface area (Å²) in [7, 11) is 2.10. The van der Waals surface area contributed by atoms with Crippen LogP contribution in [-0.4, -0.2) is 29.6 Å². The molecular weight excluding hydrogens is 200 g/mol. The van der Waals surface area contributed by atoms with E-state index < -0.39 is 0 Å². The zero-order valence-electron chi connectivity index (χ0n) is 10.2. The van der Waals surface area contributed by atoms with Crippen molar-refractivity contribution in [3.8, 4) is 0 Å². The van der Waals surface area contributed by atoms with Gasteiger partial charge in [0.25, 0.3) is 0 Å². The first kappa shape index (κ1) is 13.2. The van der Waals surface area contributed by atoms with Gasteiger partial charge in [-0.05, 0) is 38.1 Å². The van der Waals surface area contributed by atoms with Gasteiger partial charge in [-0.15, -0.1) is 0 Å². The number of hydrogen-bond acceptors (Lipinski definition) is 3. The van der Waals surface area contributed by atoms with Gasteiger partial charge in [-0.3, -0.25) is 0 Å². The van der Waals surface area contributed by atoms with Crippen molar-refractivity contribution in [1.29, 1.82) is 0 Å². The first-order valence-electron chi connectivity index (χ1n) is 5.74. The highest BCUT2D eigenvalue weighted by Gasteiger charge is 2.02. The molecule has 1 rings (SSSR count). The van der Waals surface area contributed by atoms with Crippen molar-refractivity contribution in [3.05, 3.63) is 35.4 Å². The van der Waals surface area contributed by atoms with Gasteiger partial charge >= 0.3 is 0 Å². The number of aliphatic hydroxyl groups excluding tert-OH is 1. The number of rotatable bonds is 6. The summed E-state index contributed by atoms with van der Waals surface area (Å²) in [5.74, 6) is 0. The van der Waals surface area contributed by atoms with Gasteiger partial charge < -0.3 is 15.7 Å². The fourth-order valence-corrected chi connectivity index (χ4v) is 1.56. The summed E-state index contributed by atoms with van der Waals surface area (Å²) in [5.41, 5.74) is 7.95. The molecule has 1 atom stereocenters. The quantitative estimate of drug-likeness (QED) is 0.764. The van der Waals surface area contributed by atoms with E-state index in [9.17, 15) is 0 Å². The Bertz CT molecular complexity index is 295. The van der Waals surface area contributed by atoms with E-state index in [2.05, 4.69) is 24.1 Å². The summed E-state index contributed by atoms with van der Waals surface area (Å²) in [6, 6.07) is 8.32. The molecule has 0 aromatic heterocycles. The molecule has 0 saturated heterocycles. The second-order valence-corrected chi connectivity index (χ2v) is 4.48. The lowest BCUT2D eigenvalue weighted by molar-refractivity contribution is 0.281. The molecule has 3 N–H and O–H groups in total. The molecule has 0 spiro atoms. The molecule has 3 nitrogen and oxygen atoms in total. The summed E-state index contributed by atoms with van der Waals surface area (Å²) >= 11 is 0. The van der Waals surface area contributed by atoms with Crippen molar-refractivity contribution in [2.75, 3.05) is 13.6 Å². The van der Waals surface area contributed by atoms with Crippen molar-refractivity contribution in [2.45, 2.75) is 32.5 Å². The van der Waals surface area contributed by atoms with Crippen LogP contribution in [0.3, 0.4) is 0 Å². The van der Waals surface area contributed by atoms with Crippen LogP contribution in [-0.2, 0) is 13.2 Å². The minimum atomic E-state index is 0.112. The Morgan fingerprint density at radius 1 is 1.25 bits per heavy atom. The minimum Gasteiger partial charge on any atom is -0.392 e. The Labute approximate surface area is 97.9 Å². The molecule has 0 aliphatic carbocycles. The lowest BCUT2D eigenvalue weighted by Crippen LogP contribution is -2.25. The molecule has 1 aromatic rings. The summed E-state index contributed by atoms with van der Waals surface area (Å²) in [6.45, 7) is 4.09. The van der Waals surface area contributed by atoms with E-state index in [0.717, 1.165) is 25.1 Å². The Hall–Kier alpha value is -0.900. The van der Waals surface area contributed by atoms with E-state index in [1.54, 1.807) is 0 Å². The van der Waals surface area contributed by atoms with Gasteiger partial charge in [-0.2, -0.15) is 0 Å². The maximum atomic E-state index is 8.93. The van der Waals surface area contributed by atoms with E-state index in [1.807, 2.05) is 19.1 Å². The molecule has 0 radical (unpaired) electrons. The second-order valence-electron chi connectivity index (χ2n) is 4.48. The van der Waals surface area contributed by atoms with Crippen LogP contribution in [0.25, 0.3) is 0 Å². The van der Waals surface area contributed by atoms with Gasteiger partial charge in [-0.1, -0.05) is 24.3 Å². The fraction of sp³-hybridized carbons (Fsp3) is 0.538. The number of aliphatic hydroxyl groups is 1. The third kappa shape index (κ3) is 4.75. The molecule has 1 unspecified atom stereocenters. The average Bonchev–Trinajstić information content (AvgIpc) is 2.27. The van der Waals surface area contributed by atoms with Crippen molar-refractivity contribution in [3.63, 3.8) is 0 Å². The first-order valence-corrected chi connectivity index (χ1v) is 5.74. The summed E-state index contributed by atoms with van der Waals surface area (Å²) in [6.07, 6.45) is 1.02. The smallest absolute Gasteiger partial charge is 0.0681 e. The molecule has 0 aliphatic rings. The maximum Gasteiger partial charge on any atom is 0.0681 e. The lowest BCUT2D eigenvalue weighted by Gasteiger charge is -2.17. The average molecular weight is 222 g/mol. The molecule has 3 heteroatoms. The molecule has 16 heavy (non-hydrogen) atoms. The van der Waals surface area contributed by atoms with Gasteiger partial charge in [0, 0.05) is 12.6 Å². The molecule has 0 saturated carbocycles. The Morgan fingerprint density at radius 2 is 1.81 bits per heavy atom. The van der Waals surface area contributed by atoms with Crippen LogP contribution in [0.2, 0.25) is 0 Å². The Balaban J connectivity index is 2.40. The van der Waals surface area contributed by atoms with Crippen LogP contribution < -0.4 is 5.73 Å². The molecule has 90 valence electrons. The predicted octanol–water partition coefficient (Wildman–Crippen LogP) is 1.35. The highest BCUT2D eigenvalue weighted by atomic mass is 16.3. The summed E-state index contributed by atoms with van der Waals surface area (Å²) in [4.78, 5) is 2.26. The zero-order chi connectivity index (χ0) is 12.0. The van der Waals surface area contributed by atoms with Crippen molar-refractivity contribution in [1.82, 2.24) is 4.90 Å². The normalized spacial score (nSPS) is 13.1. The van der Waals surface area contributed by atoms with Gasteiger partial charge in [-0.25, -0.2) is 0 Å². The van der Waals surface area contributed by atoms with E-state index in [4.69, 9.17) is 10.8 Å². The predicted molar refractivity (Wildman–Crippen MR) is 67.0 cm³/mol. The molecule has 0 fully saturated rings. The van der Waals surface area contributed by atoms with Gasteiger partial charge in [0.2, 0.25) is 0 Å². The van der Waals surface area contributed by atoms with Gasteiger partial charge in [0.1, 0.15) is 0 Å². The molecule has 1 aromatic carbocycles. The molecule has 0 amide bonds. The van der Waals surface area contributed by atoms with Crippen molar-refractivity contribution in [2.24, 2.45) is 5.73 Å². The number of hydrogen-bond donors (Lipinski definition) is 2. The summed E-state index contributed by atoms with van der Waals surface area (Å²) < 4.78 is 0. The third-order valence-electron chi connectivity index (χ3n) is 2.62. The van der Waals surface area contributed by atoms with Crippen LogP contribution in [0.5, 0.6) is 0 Å². The number of nitrogens with zero attached hydrogens (tertiary/aromatic N) is 1. The SMILES string of the molecule is CC(N)CCN(C)Cc1ccc(CO)cc1. The van der Waals surface area contributed by atoms with Crippen LogP contribution in [0.15, 0.2) is 24.3 Å². The van der Waals surface area contributed by atoms with Crippen LogP contribution in [0, 0.1) is 0 Å². The second kappa shape index (κ2) is 6.63. The molecular formula is C13H22N2O. The van der Waals surface area contributed by atoms with Crippen molar-refractivity contribution >= 4 is 0 Å². The van der Waals surface area contributed by atoms with E-state index in [0.29, 0.717) is 0 Å². The minimum absolute atomic E-state index is 0.112. The van der Waals surface area contributed by atoms with E-state index in [-0.39, 0.29) is 12.6 Å². The summed E-state index contributed by atoms with van der Waals surface area (Å²) in [5, 5.41) is 8.93. The first-order chi connectivity index (χ1) is 7.61. The molecule has 0 aliphatic heterocycles. The standard InChI is InChI=1S/C13H22N2O/c1-11(14)7-8-15(2)9-12-3-5-13(10-16)6-4-12/h3-6,11,16H,7-10,14H2,1-2H3. The number of nitrogens with two attached hydrogens (primary N) is 1. The maximum absolute atomic E-state index is 8.93. The molecule has 0 bridgehead atoms. The highest BCUT2D eigenvalue weighted by Crippen LogP contribution is 2.07. The third-order valence-corrected chi connectivity index (χ3v) is 2.62. The zero-order valence-corrected chi connectivity index (χ0v) is 10.2. The lowest BCUT2D eigenvalue weighted by atomic mass is 10.1. The van der Waals surface area contributed by atoms with E-state index in [1.165, 1.54) is 5.56 Å². The van der Waals surface area contributed by atoms with Crippen LogP contribution in [0.4, 0.5) is 0 Å². The van der Waals surface area contributed by atoms with Crippen LogP contribution >= 0.6 is 0 Å². The van der Waals surface area contributed by atoms with Gasteiger partial charge in [0.15, 0.2) is 0 Å². The molecule has 0 heterocycles. The largest absolute Gasteiger partial charge is 0.392 e. The fourth-order valence-electron chi connectivity index (χ4n) is 1.56. The topological polar surface area (TPSA) is 49.5 Å². The van der Waals surface area contributed by atoms with Gasteiger partial charge in [0.05, 0.1) is 6.61 Å². The Morgan fingerprint density at radius 3 is 2.31 bits per heavy atom. The highest BCUT2D eigenvalue weighted by molar-refractivity contribution is 5.21. The Kier molecular flexibility index (Phi) is 5.46. The number of benzene rings is 1. The monoisotopic (exact) mass is 222 g/mol.